The van der Waals surface area contributed by atoms with Crippen molar-refractivity contribution in [3.63, 3.8) is 0 Å². The molecule has 1 aromatic carbocycles. The van der Waals surface area contributed by atoms with Gasteiger partial charge in [0.25, 0.3) is 5.69 Å². The lowest BCUT2D eigenvalue weighted by Gasteiger charge is -2.12. The maximum Gasteiger partial charge on any atom is 0.356 e. The van der Waals surface area contributed by atoms with Crippen LogP contribution in [-0.4, -0.2) is 36.3 Å². The molecule has 0 aliphatic heterocycles. The summed E-state index contributed by atoms with van der Waals surface area (Å²) in [7, 11) is 2.60. The molecule has 0 saturated heterocycles. The van der Waals surface area contributed by atoms with Crippen molar-refractivity contribution in [1.29, 1.82) is 0 Å². The fourth-order valence-corrected chi connectivity index (χ4v) is 2.44. The van der Waals surface area contributed by atoms with Crippen molar-refractivity contribution in [3.05, 3.63) is 28.3 Å². The summed E-state index contributed by atoms with van der Waals surface area (Å²) in [5, 5.41) is 13.9. The number of benzene rings is 1. The number of hydrogen-bond donors (Lipinski definition) is 1. The van der Waals surface area contributed by atoms with Gasteiger partial charge in [-0.05, 0) is 6.07 Å². The number of ether oxygens (including phenoxy) is 2. The number of anilines is 1. The Morgan fingerprint density at radius 1 is 1.50 bits per heavy atom. The van der Waals surface area contributed by atoms with Crippen LogP contribution >= 0.6 is 11.3 Å². The van der Waals surface area contributed by atoms with Gasteiger partial charge in [0.2, 0.25) is 6.23 Å². The predicted octanol–water partition coefficient (Wildman–Crippen LogP) is 1.76. The van der Waals surface area contributed by atoms with Crippen LogP contribution in [0.1, 0.15) is 0 Å². The Balaban J connectivity index is 2.27. The van der Waals surface area contributed by atoms with Crippen LogP contribution in [0.2, 0.25) is 0 Å². The van der Waals surface area contributed by atoms with E-state index < -0.39 is 17.1 Å². The number of carbonyl (C=O) groups is 1. The van der Waals surface area contributed by atoms with Gasteiger partial charge in [-0.25, -0.2) is 9.78 Å². The second-order valence-corrected chi connectivity index (χ2v) is 4.74. The molecule has 0 radical (unpaired) electrons. The third-order valence-electron chi connectivity index (χ3n) is 2.49. The second-order valence-electron chi connectivity index (χ2n) is 3.71. The number of rotatable bonds is 5. The number of carbonyl (C=O) groups excluding carboxylic acids is 1. The molecule has 0 amide bonds. The summed E-state index contributed by atoms with van der Waals surface area (Å²) in [5.74, 6) is -0.585. The average molecular weight is 297 g/mol. The van der Waals surface area contributed by atoms with Gasteiger partial charge in [0, 0.05) is 19.2 Å². The zero-order chi connectivity index (χ0) is 14.7. The van der Waals surface area contributed by atoms with E-state index in [2.05, 4.69) is 15.0 Å². The van der Waals surface area contributed by atoms with Crippen LogP contribution in [0.3, 0.4) is 0 Å². The van der Waals surface area contributed by atoms with Crippen LogP contribution in [0.5, 0.6) is 0 Å². The number of esters is 1. The molecule has 0 saturated carbocycles. The maximum atomic E-state index is 11.4. The number of nitro benzene ring substituents is 1. The number of non-ortho nitro benzene ring substituents is 1. The van der Waals surface area contributed by atoms with E-state index in [9.17, 15) is 14.9 Å². The first-order chi connectivity index (χ1) is 9.55. The molecule has 0 aliphatic carbocycles. The van der Waals surface area contributed by atoms with Gasteiger partial charge in [-0.2, -0.15) is 0 Å². The highest BCUT2D eigenvalue weighted by molar-refractivity contribution is 7.22. The monoisotopic (exact) mass is 297 g/mol. The molecule has 0 spiro atoms. The lowest BCUT2D eigenvalue weighted by Crippen LogP contribution is -2.32. The average Bonchev–Trinajstić information content (AvgIpc) is 2.85. The normalized spacial score (nSPS) is 12.1. The van der Waals surface area contributed by atoms with E-state index in [1.807, 2.05) is 0 Å². The van der Waals surface area contributed by atoms with Crippen LogP contribution < -0.4 is 5.32 Å². The Hall–Kier alpha value is -2.26. The van der Waals surface area contributed by atoms with Crippen molar-refractivity contribution in [1.82, 2.24) is 4.98 Å². The summed E-state index contributed by atoms with van der Waals surface area (Å²) < 4.78 is 10.1. The highest BCUT2D eigenvalue weighted by atomic mass is 32.1. The number of nitrogens with zero attached hydrogens (tertiary/aromatic N) is 2. The molecule has 1 atom stereocenters. The Bertz CT molecular complexity index is 657. The number of fused-ring (bicyclic) bond motifs is 1. The molecule has 1 aromatic heterocycles. The summed E-state index contributed by atoms with van der Waals surface area (Å²) in [4.78, 5) is 25.8. The van der Waals surface area contributed by atoms with Gasteiger partial charge in [-0.1, -0.05) is 11.3 Å². The van der Waals surface area contributed by atoms with E-state index in [1.165, 1.54) is 37.7 Å². The number of nitrogens with one attached hydrogen (secondary N) is 1. The lowest BCUT2D eigenvalue weighted by molar-refractivity contribution is -0.384. The van der Waals surface area contributed by atoms with Crippen molar-refractivity contribution in [3.8, 4) is 0 Å². The molecule has 20 heavy (non-hydrogen) atoms. The van der Waals surface area contributed by atoms with E-state index in [-0.39, 0.29) is 5.69 Å². The van der Waals surface area contributed by atoms with Gasteiger partial charge in [0.05, 0.1) is 22.2 Å². The smallest absolute Gasteiger partial charge is 0.356 e. The lowest BCUT2D eigenvalue weighted by atomic mass is 10.3. The molecule has 9 heteroatoms. The highest BCUT2D eigenvalue weighted by Crippen LogP contribution is 2.29. The molecule has 0 aliphatic rings. The fourth-order valence-electron chi connectivity index (χ4n) is 1.52. The maximum absolute atomic E-state index is 11.4. The van der Waals surface area contributed by atoms with Crippen LogP contribution in [-0.2, 0) is 14.3 Å². The molecule has 1 heterocycles. The summed E-state index contributed by atoms with van der Waals surface area (Å²) in [6.07, 6.45) is -0.976. The highest BCUT2D eigenvalue weighted by Gasteiger charge is 2.20. The molecule has 2 aromatic rings. The number of nitro groups is 1. The van der Waals surface area contributed by atoms with Crippen molar-refractivity contribution in [2.75, 3.05) is 19.5 Å². The zero-order valence-electron chi connectivity index (χ0n) is 10.7. The van der Waals surface area contributed by atoms with Gasteiger partial charge in [-0.3, -0.25) is 10.1 Å². The number of aromatic nitrogens is 1. The molecule has 0 unspecified atom stereocenters. The van der Waals surface area contributed by atoms with Gasteiger partial charge in [-0.15, -0.1) is 0 Å². The Morgan fingerprint density at radius 3 is 2.85 bits per heavy atom. The third-order valence-corrected chi connectivity index (χ3v) is 3.44. The molecule has 106 valence electrons. The molecule has 0 bridgehead atoms. The Kier molecular flexibility index (Phi) is 4.11. The Morgan fingerprint density at radius 2 is 2.25 bits per heavy atom. The minimum absolute atomic E-state index is 0.0102. The van der Waals surface area contributed by atoms with Crippen LogP contribution in [0, 0.1) is 10.1 Å². The first-order valence-corrected chi connectivity index (χ1v) is 6.29. The largest absolute Gasteiger partial charge is 0.466 e. The predicted molar refractivity (Wildman–Crippen MR) is 72.7 cm³/mol. The van der Waals surface area contributed by atoms with Crippen molar-refractivity contribution < 1.29 is 19.2 Å². The van der Waals surface area contributed by atoms with E-state index in [0.717, 1.165) is 0 Å². The molecular weight excluding hydrogens is 286 g/mol. The quantitative estimate of drug-likeness (QED) is 0.388. The summed E-state index contributed by atoms with van der Waals surface area (Å²) in [6, 6.07) is 4.35. The Labute approximate surface area is 117 Å². The zero-order valence-corrected chi connectivity index (χ0v) is 11.5. The molecule has 1 N–H and O–H groups in total. The van der Waals surface area contributed by atoms with Crippen molar-refractivity contribution >= 4 is 38.3 Å². The van der Waals surface area contributed by atoms with E-state index in [0.29, 0.717) is 15.3 Å². The van der Waals surface area contributed by atoms with E-state index in [4.69, 9.17) is 4.74 Å². The van der Waals surface area contributed by atoms with E-state index in [1.54, 1.807) is 6.07 Å². The summed E-state index contributed by atoms with van der Waals surface area (Å²) in [5.41, 5.74) is 0.590. The molecular formula is C11H11N3O5S. The summed E-state index contributed by atoms with van der Waals surface area (Å²) >= 11 is 1.19. The number of hydrogen-bond acceptors (Lipinski definition) is 8. The van der Waals surface area contributed by atoms with Gasteiger partial charge in [0.1, 0.15) is 0 Å². The van der Waals surface area contributed by atoms with E-state index >= 15 is 0 Å². The van der Waals surface area contributed by atoms with Crippen LogP contribution in [0.25, 0.3) is 10.2 Å². The SMILES string of the molecule is COC(=O)[C@@H](Nc1nc2ccc([N+](=O)[O-])cc2s1)OC. The fraction of sp³-hybridized carbons (Fsp3) is 0.273. The molecule has 8 nitrogen and oxygen atoms in total. The first kappa shape index (κ1) is 14.2. The summed E-state index contributed by atoms with van der Waals surface area (Å²) in [6.45, 7) is 0. The van der Waals surface area contributed by atoms with Crippen LogP contribution in [0.15, 0.2) is 18.2 Å². The topological polar surface area (TPSA) is 104 Å². The minimum Gasteiger partial charge on any atom is -0.466 e. The standard InChI is InChI=1S/C11H11N3O5S/c1-18-9(10(15)19-2)13-11-12-7-4-3-6(14(16)17)5-8(7)20-11/h3-5,9H,1-2H3,(H,12,13)/t9-/m0/s1. The molecule has 0 fully saturated rings. The third kappa shape index (κ3) is 2.83. The van der Waals surface area contributed by atoms with Gasteiger partial charge in [0.15, 0.2) is 5.13 Å². The first-order valence-electron chi connectivity index (χ1n) is 5.47. The van der Waals surface area contributed by atoms with Gasteiger partial charge < -0.3 is 14.8 Å². The second kappa shape index (κ2) is 5.80. The van der Waals surface area contributed by atoms with Crippen molar-refractivity contribution in [2.45, 2.75) is 6.23 Å². The van der Waals surface area contributed by atoms with Crippen molar-refractivity contribution in [2.24, 2.45) is 0 Å². The minimum atomic E-state index is -0.976. The van der Waals surface area contributed by atoms with Crippen LogP contribution in [0.4, 0.5) is 10.8 Å². The van der Waals surface area contributed by atoms with Gasteiger partial charge >= 0.3 is 5.97 Å². The number of methoxy groups -OCH3 is 2. The molecule has 2 rings (SSSR count). The number of thiazole rings is 1.